The van der Waals surface area contributed by atoms with E-state index < -0.39 is 6.29 Å². The van der Waals surface area contributed by atoms with Crippen LogP contribution in [-0.4, -0.2) is 18.4 Å². The van der Waals surface area contributed by atoms with Gasteiger partial charge < -0.3 is 19.5 Å². The van der Waals surface area contributed by atoms with Crippen molar-refractivity contribution in [3.8, 4) is 17.4 Å². The summed E-state index contributed by atoms with van der Waals surface area (Å²) in [5.74, 6) is 0.535. The molecule has 7 heteroatoms. The van der Waals surface area contributed by atoms with E-state index in [0.29, 0.717) is 18.1 Å². The van der Waals surface area contributed by atoms with Gasteiger partial charge in [-0.05, 0) is 18.2 Å². The third-order valence-electron chi connectivity index (χ3n) is 2.87. The van der Waals surface area contributed by atoms with Crippen molar-refractivity contribution >= 4 is 5.69 Å². The minimum Gasteiger partial charge on any atom is -0.481 e. The first-order valence-electron chi connectivity index (χ1n) is 6.19. The van der Waals surface area contributed by atoms with E-state index in [1.165, 1.54) is 19.2 Å². The molecule has 5 nitrogen and oxygen atoms in total. The summed E-state index contributed by atoms with van der Waals surface area (Å²) in [6.45, 7) is 0.424. The number of aromatic nitrogens is 1. The van der Waals surface area contributed by atoms with Crippen LogP contribution in [-0.2, 0) is 6.54 Å². The van der Waals surface area contributed by atoms with Crippen molar-refractivity contribution in [3.63, 3.8) is 0 Å². The van der Waals surface area contributed by atoms with Gasteiger partial charge in [0.15, 0.2) is 11.5 Å². The molecule has 2 aromatic rings. The van der Waals surface area contributed by atoms with Crippen LogP contribution in [0.3, 0.4) is 0 Å². The molecule has 0 radical (unpaired) electrons. The highest BCUT2D eigenvalue weighted by atomic mass is 19.3. The average molecular weight is 294 g/mol. The molecule has 0 atom stereocenters. The van der Waals surface area contributed by atoms with Gasteiger partial charge in [0.25, 0.3) is 0 Å². The van der Waals surface area contributed by atoms with E-state index in [4.69, 9.17) is 4.74 Å². The van der Waals surface area contributed by atoms with Gasteiger partial charge in [-0.25, -0.2) is 4.98 Å². The summed E-state index contributed by atoms with van der Waals surface area (Å²) >= 11 is 0. The molecule has 21 heavy (non-hydrogen) atoms. The van der Waals surface area contributed by atoms with Crippen molar-refractivity contribution in [1.82, 2.24) is 4.98 Å². The van der Waals surface area contributed by atoms with Crippen LogP contribution in [0.5, 0.6) is 17.4 Å². The maximum absolute atomic E-state index is 12.9. The van der Waals surface area contributed by atoms with Crippen LogP contribution >= 0.6 is 0 Å². The van der Waals surface area contributed by atoms with E-state index >= 15 is 0 Å². The largest absolute Gasteiger partial charge is 0.586 e. The molecule has 0 fully saturated rings. The van der Waals surface area contributed by atoms with Gasteiger partial charge in [-0.15, -0.1) is 8.78 Å². The number of methoxy groups -OCH3 is 1. The first-order valence-corrected chi connectivity index (χ1v) is 6.19. The molecule has 0 spiro atoms. The number of halogens is 2. The maximum atomic E-state index is 12.9. The summed E-state index contributed by atoms with van der Waals surface area (Å²) in [5.41, 5.74) is 1.39. The highest BCUT2D eigenvalue weighted by molar-refractivity contribution is 5.56. The first-order chi connectivity index (χ1) is 10.1. The number of benzene rings is 1. The fourth-order valence-corrected chi connectivity index (χ4v) is 1.92. The molecule has 0 bridgehead atoms. The average Bonchev–Trinajstić information content (AvgIpc) is 2.78. The molecular formula is C14H12F2N2O3. The van der Waals surface area contributed by atoms with Crippen molar-refractivity contribution in [2.75, 3.05) is 12.4 Å². The summed E-state index contributed by atoms with van der Waals surface area (Å²) in [6, 6.07) is 9.91. The molecule has 1 aromatic carbocycles. The van der Waals surface area contributed by atoms with E-state index in [0.717, 1.165) is 5.69 Å². The third kappa shape index (κ3) is 2.96. The first kappa shape index (κ1) is 13.4. The fraction of sp³-hybridized carbons (Fsp3) is 0.214. The Morgan fingerprint density at radius 3 is 2.81 bits per heavy atom. The minimum atomic E-state index is -3.60. The summed E-state index contributed by atoms with van der Waals surface area (Å²) in [7, 11) is 1.54. The Balaban J connectivity index is 1.69. The Bertz CT molecular complexity index is 664. The highest BCUT2D eigenvalue weighted by Gasteiger charge is 2.43. The summed E-state index contributed by atoms with van der Waals surface area (Å²) in [5, 5.41) is 3.07. The number of hydrogen-bond donors (Lipinski definition) is 1. The van der Waals surface area contributed by atoms with Crippen molar-refractivity contribution in [2.45, 2.75) is 12.8 Å². The molecule has 110 valence electrons. The summed E-state index contributed by atoms with van der Waals surface area (Å²) in [4.78, 5) is 4.24. The lowest BCUT2D eigenvalue weighted by molar-refractivity contribution is -0.286. The molecule has 1 aliphatic heterocycles. The van der Waals surface area contributed by atoms with Gasteiger partial charge in [0, 0.05) is 17.8 Å². The molecule has 0 saturated heterocycles. The monoisotopic (exact) mass is 294 g/mol. The Labute approximate surface area is 119 Å². The van der Waals surface area contributed by atoms with Crippen LogP contribution in [0.4, 0.5) is 14.5 Å². The van der Waals surface area contributed by atoms with Gasteiger partial charge in [0.05, 0.1) is 19.3 Å². The SMILES string of the molecule is COc1cccc(CNc2ccc3c(c2)OC(F)(F)O3)n1. The Morgan fingerprint density at radius 2 is 2.00 bits per heavy atom. The fourth-order valence-electron chi connectivity index (χ4n) is 1.92. The van der Waals surface area contributed by atoms with Crippen molar-refractivity contribution in [2.24, 2.45) is 0 Å². The van der Waals surface area contributed by atoms with E-state index in [9.17, 15) is 8.78 Å². The van der Waals surface area contributed by atoms with Crippen LogP contribution in [0, 0.1) is 0 Å². The van der Waals surface area contributed by atoms with Crippen LogP contribution in [0.1, 0.15) is 5.69 Å². The van der Waals surface area contributed by atoms with Gasteiger partial charge >= 0.3 is 6.29 Å². The number of anilines is 1. The number of alkyl halides is 2. The van der Waals surface area contributed by atoms with E-state index in [2.05, 4.69) is 19.8 Å². The number of nitrogens with zero attached hydrogens (tertiary/aromatic N) is 1. The molecular weight excluding hydrogens is 282 g/mol. The van der Waals surface area contributed by atoms with Crippen molar-refractivity contribution in [3.05, 3.63) is 42.1 Å². The molecule has 0 saturated carbocycles. The predicted octanol–water partition coefficient (Wildman–Crippen LogP) is 3.02. The van der Waals surface area contributed by atoms with Gasteiger partial charge in [-0.2, -0.15) is 0 Å². The topological polar surface area (TPSA) is 52.6 Å². The molecule has 1 aliphatic rings. The predicted molar refractivity (Wildman–Crippen MR) is 70.8 cm³/mol. The lowest BCUT2D eigenvalue weighted by Crippen LogP contribution is -2.25. The second-order valence-electron chi connectivity index (χ2n) is 4.35. The van der Waals surface area contributed by atoms with E-state index in [-0.39, 0.29) is 11.5 Å². The number of ether oxygens (including phenoxy) is 3. The Hall–Kier alpha value is -2.57. The van der Waals surface area contributed by atoms with Crippen molar-refractivity contribution in [1.29, 1.82) is 0 Å². The van der Waals surface area contributed by atoms with Crippen LogP contribution in [0.15, 0.2) is 36.4 Å². The normalized spacial score (nSPS) is 14.8. The highest BCUT2D eigenvalue weighted by Crippen LogP contribution is 2.42. The Morgan fingerprint density at radius 1 is 1.19 bits per heavy atom. The number of fused-ring (bicyclic) bond motifs is 1. The second kappa shape index (κ2) is 5.08. The smallest absolute Gasteiger partial charge is 0.481 e. The molecule has 0 aliphatic carbocycles. The number of pyridine rings is 1. The molecule has 3 rings (SSSR count). The van der Waals surface area contributed by atoms with E-state index in [1.807, 2.05) is 12.1 Å². The van der Waals surface area contributed by atoms with Gasteiger partial charge in [-0.3, -0.25) is 0 Å². The molecule has 1 N–H and O–H groups in total. The van der Waals surface area contributed by atoms with Crippen LogP contribution in [0.25, 0.3) is 0 Å². The number of rotatable bonds is 4. The summed E-state index contributed by atoms with van der Waals surface area (Å²) in [6.07, 6.45) is -3.60. The zero-order chi connectivity index (χ0) is 14.9. The molecule has 0 amide bonds. The maximum Gasteiger partial charge on any atom is 0.586 e. The molecule has 0 unspecified atom stereocenters. The van der Waals surface area contributed by atoms with Crippen LogP contribution in [0.2, 0.25) is 0 Å². The second-order valence-corrected chi connectivity index (χ2v) is 4.35. The lowest BCUT2D eigenvalue weighted by Gasteiger charge is -2.07. The van der Waals surface area contributed by atoms with Crippen LogP contribution < -0.4 is 19.5 Å². The summed E-state index contributed by atoms with van der Waals surface area (Å²) < 4.78 is 39.6. The molecule has 1 aromatic heterocycles. The zero-order valence-corrected chi connectivity index (χ0v) is 11.1. The van der Waals surface area contributed by atoms with Gasteiger partial charge in [0.1, 0.15) is 0 Å². The number of hydrogen-bond acceptors (Lipinski definition) is 5. The lowest BCUT2D eigenvalue weighted by atomic mass is 10.2. The molecule has 2 heterocycles. The van der Waals surface area contributed by atoms with Crippen molar-refractivity contribution < 1.29 is 23.0 Å². The third-order valence-corrected chi connectivity index (χ3v) is 2.87. The van der Waals surface area contributed by atoms with Gasteiger partial charge in [-0.1, -0.05) is 6.07 Å². The zero-order valence-electron chi connectivity index (χ0n) is 11.1. The minimum absolute atomic E-state index is 0.00333. The quantitative estimate of drug-likeness (QED) is 0.939. The standard InChI is InChI=1S/C14H12F2N2O3/c1-19-13-4-2-3-10(18-13)8-17-9-5-6-11-12(7-9)21-14(15,16)20-11/h2-7,17H,8H2,1H3. The Kier molecular flexibility index (Phi) is 3.25. The number of nitrogens with one attached hydrogen (secondary N) is 1. The van der Waals surface area contributed by atoms with E-state index in [1.54, 1.807) is 12.1 Å². The van der Waals surface area contributed by atoms with Gasteiger partial charge in [0.2, 0.25) is 5.88 Å².